The molecule has 1 heterocycles. The van der Waals surface area contributed by atoms with Crippen LogP contribution in [0.2, 0.25) is 0 Å². The van der Waals surface area contributed by atoms with Crippen LogP contribution < -0.4 is 29.9 Å². The number of rotatable bonds is 9. The molecular formula is C29H34N4O4. The summed E-state index contributed by atoms with van der Waals surface area (Å²) in [5.41, 5.74) is 3.55. The molecule has 1 aliphatic heterocycles. The Kier molecular flexibility index (Phi) is 8.51. The second-order valence-corrected chi connectivity index (χ2v) is 8.82. The number of carbonyl (C=O) groups is 2. The van der Waals surface area contributed by atoms with Crippen LogP contribution in [0, 0.1) is 0 Å². The summed E-state index contributed by atoms with van der Waals surface area (Å²) in [6.45, 7) is 5.71. The van der Waals surface area contributed by atoms with Gasteiger partial charge in [0.15, 0.2) is 0 Å². The van der Waals surface area contributed by atoms with Gasteiger partial charge >= 0.3 is 0 Å². The summed E-state index contributed by atoms with van der Waals surface area (Å²) in [6.07, 6.45) is 0.840. The van der Waals surface area contributed by atoms with Gasteiger partial charge in [0, 0.05) is 49.7 Å². The van der Waals surface area contributed by atoms with Crippen LogP contribution in [-0.2, 0) is 0 Å². The Hall–Kier alpha value is -4.20. The number of para-hydroxylation sites is 2. The smallest absolute Gasteiger partial charge is 0.255 e. The third-order valence-electron chi connectivity index (χ3n) is 6.43. The first kappa shape index (κ1) is 25.9. The molecular weight excluding hydrogens is 468 g/mol. The van der Waals surface area contributed by atoms with Gasteiger partial charge in [0.2, 0.25) is 0 Å². The maximum atomic E-state index is 13.1. The first-order valence-electron chi connectivity index (χ1n) is 12.5. The predicted octanol–water partition coefficient (Wildman–Crippen LogP) is 4.42. The van der Waals surface area contributed by atoms with Crippen molar-refractivity contribution in [2.24, 2.45) is 0 Å². The van der Waals surface area contributed by atoms with Gasteiger partial charge in [-0.15, -0.1) is 0 Å². The predicted molar refractivity (Wildman–Crippen MR) is 147 cm³/mol. The fraction of sp³-hybridized carbons (Fsp3) is 0.310. The molecule has 1 fully saturated rings. The van der Waals surface area contributed by atoms with Crippen LogP contribution in [0.5, 0.6) is 11.5 Å². The van der Waals surface area contributed by atoms with Gasteiger partial charge in [-0.2, -0.15) is 0 Å². The van der Waals surface area contributed by atoms with Crippen molar-refractivity contribution in [1.82, 2.24) is 5.32 Å². The van der Waals surface area contributed by atoms with Crippen molar-refractivity contribution in [3.8, 4) is 11.5 Å². The minimum absolute atomic E-state index is 0.149. The number of piperazine rings is 1. The maximum Gasteiger partial charge on any atom is 0.255 e. The number of ether oxygens (including phenoxy) is 2. The van der Waals surface area contributed by atoms with Crippen molar-refractivity contribution in [2.45, 2.75) is 13.3 Å². The van der Waals surface area contributed by atoms with E-state index in [0.29, 0.717) is 29.1 Å². The molecule has 2 amide bonds. The standard InChI is InChI=1S/C29H34N4O4/c1-4-15-30-29(35)24-20-22(31-28(34)21-9-12-23(36-2)13-10-21)11-14-25(24)32-16-18-33(19-17-32)26-7-5-6-8-27(26)37-3/h5-14,20H,4,15-19H2,1-3H3,(H,30,35)(H,31,34). The number of amides is 2. The van der Waals surface area contributed by atoms with E-state index in [1.54, 1.807) is 44.6 Å². The van der Waals surface area contributed by atoms with Gasteiger partial charge < -0.3 is 29.9 Å². The Morgan fingerprint density at radius 1 is 0.811 bits per heavy atom. The van der Waals surface area contributed by atoms with Crippen molar-refractivity contribution < 1.29 is 19.1 Å². The molecule has 3 aromatic carbocycles. The molecule has 0 radical (unpaired) electrons. The fourth-order valence-electron chi connectivity index (χ4n) is 4.43. The number of hydrogen-bond donors (Lipinski definition) is 2. The van der Waals surface area contributed by atoms with E-state index in [1.807, 2.05) is 37.3 Å². The molecule has 8 heteroatoms. The van der Waals surface area contributed by atoms with Crippen LogP contribution in [0.3, 0.4) is 0 Å². The van der Waals surface area contributed by atoms with E-state index in [2.05, 4.69) is 26.5 Å². The molecule has 194 valence electrons. The Morgan fingerprint density at radius 2 is 1.49 bits per heavy atom. The number of nitrogens with one attached hydrogen (secondary N) is 2. The lowest BCUT2D eigenvalue weighted by molar-refractivity contribution is 0.0952. The topological polar surface area (TPSA) is 83.1 Å². The van der Waals surface area contributed by atoms with Gasteiger partial charge in [0.1, 0.15) is 11.5 Å². The molecule has 0 spiro atoms. The molecule has 37 heavy (non-hydrogen) atoms. The molecule has 0 unspecified atom stereocenters. The van der Waals surface area contributed by atoms with Crippen LogP contribution in [0.25, 0.3) is 0 Å². The highest BCUT2D eigenvalue weighted by molar-refractivity contribution is 6.06. The molecule has 3 aromatic rings. The van der Waals surface area contributed by atoms with Crippen molar-refractivity contribution in [3.63, 3.8) is 0 Å². The first-order valence-corrected chi connectivity index (χ1v) is 12.5. The Bertz CT molecular complexity index is 1220. The second-order valence-electron chi connectivity index (χ2n) is 8.82. The number of benzene rings is 3. The molecule has 1 aliphatic rings. The molecule has 0 aliphatic carbocycles. The van der Waals surface area contributed by atoms with E-state index in [9.17, 15) is 9.59 Å². The number of methoxy groups -OCH3 is 2. The molecule has 4 rings (SSSR count). The monoisotopic (exact) mass is 502 g/mol. The maximum absolute atomic E-state index is 13.1. The SMILES string of the molecule is CCCNC(=O)c1cc(NC(=O)c2ccc(OC)cc2)ccc1N1CCN(c2ccccc2OC)CC1. The number of carbonyl (C=O) groups excluding carboxylic acids is 2. The van der Waals surface area contributed by atoms with Crippen LogP contribution in [-0.4, -0.2) is 58.8 Å². The number of nitrogens with zero attached hydrogens (tertiary/aromatic N) is 2. The zero-order chi connectivity index (χ0) is 26.2. The highest BCUT2D eigenvalue weighted by Gasteiger charge is 2.24. The Balaban J connectivity index is 1.52. The first-order chi connectivity index (χ1) is 18.0. The van der Waals surface area contributed by atoms with Crippen LogP contribution >= 0.6 is 0 Å². The van der Waals surface area contributed by atoms with E-state index < -0.39 is 0 Å². The van der Waals surface area contributed by atoms with Gasteiger partial charge in [-0.3, -0.25) is 9.59 Å². The largest absolute Gasteiger partial charge is 0.497 e. The lowest BCUT2D eigenvalue weighted by Gasteiger charge is -2.38. The van der Waals surface area contributed by atoms with Crippen molar-refractivity contribution in [3.05, 3.63) is 77.9 Å². The van der Waals surface area contributed by atoms with Gasteiger partial charge in [-0.25, -0.2) is 0 Å². The summed E-state index contributed by atoms with van der Waals surface area (Å²) in [4.78, 5) is 30.4. The molecule has 0 aromatic heterocycles. The van der Waals surface area contributed by atoms with E-state index in [1.165, 1.54) is 0 Å². The molecule has 8 nitrogen and oxygen atoms in total. The summed E-state index contributed by atoms with van der Waals surface area (Å²) in [5, 5.41) is 5.90. The van der Waals surface area contributed by atoms with E-state index >= 15 is 0 Å². The molecule has 0 atom stereocenters. The van der Waals surface area contributed by atoms with Crippen molar-refractivity contribution in [2.75, 3.05) is 62.1 Å². The van der Waals surface area contributed by atoms with Crippen LogP contribution in [0.15, 0.2) is 66.7 Å². The van der Waals surface area contributed by atoms with E-state index in [4.69, 9.17) is 9.47 Å². The van der Waals surface area contributed by atoms with E-state index in [-0.39, 0.29) is 11.8 Å². The fourth-order valence-corrected chi connectivity index (χ4v) is 4.43. The highest BCUT2D eigenvalue weighted by atomic mass is 16.5. The summed E-state index contributed by atoms with van der Waals surface area (Å²) in [7, 11) is 3.27. The van der Waals surface area contributed by atoms with Gasteiger partial charge in [-0.05, 0) is 61.0 Å². The summed E-state index contributed by atoms with van der Waals surface area (Å²) < 4.78 is 10.7. The minimum Gasteiger partial charge on any atom is -0.497 e. The van der Waals surface area contributed by atoms with Gasteiger partial charge in [-0.1, -0.05) is 19.1 Å². The van der Waals surface area contributed by atoms with Crippen molar-refractivity contribution >= 4 is 28.9 Å². The zero-order valence-corrected chi connectivity index (χ0v) is 21.6. The average Bonchev–Trinajstić information content (AvgIpc) is 2.96. The summed E-state index contributed by atoms with van der Waals surface area (Å²) >= 11 is 0. The van der Waals surface area contributed by atoms with Crippen LogP contribution in [0.4, 0.5) is 17.1 Å². The van der Waals surface area contributed by atoms with Crippen LogP contribution in [0.1, 0.15) is 34.1 Å². The normalized spacial score (nSPS) is 13.2. The third-order valence-corrected chi connectivity index (χ3v) is 6.43. The van der Waals surface area contributed by atoms with Gasteiger partial charge in [0.05, 0.1) is 25.5 Å². The summed E-state index contributed by atoms with van der Waals surface area (Å²) in [5.74, 6) is 1.14. The minimum atomic E-state index is -0.249. The number of hydrogen-bond acceptors (Lipinski definition) is 6. The highest BCUT2D eigenvalue weighted by Crippen LogP contribution is 2.31. The lowest BCUT2D eigenvalue weighted by Crippen LogP contribution is -2.47. The number of anilines is 3. The zero-order valence-electron chi connectivity index (χ0n) is 21.6. The van der Waals surface area contributed by atoms with Crippen molar-refractivity contribution in [1.29, 1.82) is 0 Å². The second kappa shape index (κ2) is 12.2. The molecule has 0 saturated carbocycles. The molecule has 0 bridgehead atoms. The summed E-state index contributed by atoms with van der Waals surface area (Å²) in [6, 6.07) is 20.4. The average molecular weight is 503 g/mol. The van der Waals surface area contributed by atoms with Gasteiger partial charge in [0.25, 0.3) is 11.8 Å². The molecule has 2 N–H and O–H groups in total. The van der Waals surface area contributed by atoms with E-state index in [0.717, 1.165) is 49.7 Å². The lowest BCUT2D eigenvalue weighted by atomic mass is 10.1. The third kappa shape index (κ3) is 6.14. The quantitative estimate of drug-likeness (QED) is 0.451. The Morgan fingerprint density at radius 3 is 2.14 bits per heavy atom. The molecule has 1 saturated heterocycles. The Labute approximate surface area is 218 Å².